The molecule has 0 amide bonds. The van der Waals surface area contributed by atoms with Crippen LogP contribution < -0.4 is 4.74 Å². The first-order chi connectivity index (χ1) is 19.3. The molecule has 1 heterocycles. The second kappa shape index (κ2) is 12.0. The van der Waals surface area contributed by atoms with E-state index in [2.05, 4.69) is 37.9 Å². The molecule has 214 valence electrons. The van der Waals surface area contributed by atoms with Crippen molar-refractivity contribution in [3.63, 3.8) is 0 Å². The number of benzene rings is 3. The van der Waals surface area contributed by atoms with E-state index >= 15 is 0 Å². The number of ether oxygens (including phenoxy) is 2. The highest BCUT2D eigenvalue weighted by molar-refractivity contribution is 5.96. The number of nitrogens with zero attached hydrogens (tertiary/aromatic N) is 1. The lowest BCUT2D eigenvalue weighted by Crippen LogP contribution is -2.10. The van der Waals surface area contributed by atoms with Crippen LogP contribution in [0.5, 0.6) is 5.75 Å². The van der Waals surface area contributed by atoms with Crippen LogP contribution >= 0.6 is 0 Å². The van der Waals surface area contributed by atoms with Gasteiger partial charge in [-0.25, -0.2) is 9.78 Å². The number of rotatable bonds is 8. The predicted octanol–water partition coefficient (Wildman–Crippen LogP) is 8.54. The van der Waals surface area contributed by atoms with Gasteiger partial charge in [0.05, 0.1) is 12.2 Å². The number of alkyl halides is 3. The topological polar surface area (TPSA) is 61.6 Å². The van der Waals surface area contributed by atoms with Gasteiger partial charge in [-0.3, -0.25) is 0 Å². The molecule has 41 heavy (non-hydrogen) atoms. The Bertz CT molecular complexity index is 1530. The minimum atomic E-state index is -4.42. The molecule has 3 aromatic carbocycles. The Kier molecular flexibility index (Phi) is 8.71. The summed E-state index contributed by atoms with van der Waals surface area (Å²) in [5.74, 6) is 0.810. The first-order valence-corrected chi connectivity index (χ1v) is 13.2. The van der Waals surface area contributed by atoms with Crippen molar-refractivity contribution in [2.75, 3.05) is 6.61 Å². The Labute approximate surface area is 237 Å². The van der Waals surface area contributed by atoms with Crippen LogP contribution in [0.1, 0.15) is 61.4 Å². The van der Waals surface area contributed by atoms with E-state index in [0.29, 0.717) is 28.3 Å². The number of hydrogen-bond donors (Lipinski definition) is 0. The van der Waals surface area contributed by atoms with Crippen LogP contribution in [0.25, 0.3) is 17.0 Å². The molecule has 0 unspecified atom stereocenters. The fourth-order valence-electron chi connectivity index (χ4n) is 4.18. The van der Waals surface area contributed by atoms with Gasteiger partial charge in [0.15, 0.2) is 0 Å². The van der Waals surface area contributed by atoms with E-state index < -0.39 is 17.7 Å². The molecule has 0 aliphatic heterocycles. The Morgan fingerprint density at radius 3 is 2.20 bits per heavy atom. The summed E-state index contributed by atoms with van der Waals surface area (Å²) in [6, 6.07) is 20.1. The molecule has 0 bridgehead atoms. The zero-order valence-electron chi connectivity index (χ0n) is 23.6. The lowest BCUT2D eigenvalue weighted by molar-refractivity contribution is -0.138. The van der Waals surface area contributed by atoms with Crippen LogP contribution in [-0.4, -0.2) is 17.6 Å². The normalized spacial score (nSPS) is 12.3. The lowest BCUT2D eigenvalue weighted by atomic mass is 9.85. The van der Waals surface area contributed by atoms with Crippen LogP contribution in [0.4, 0.5) is 13.2 Å². The summed E-state index contributed by atoms with van der Waals surface area (Å²) >= 11 is 0. The molecule has 0 spiro atoms. The molecule has 0 radical (unpaired) electrons. The summed E-state index contributed by atoms with van der Waals surface area (Å²) in [6.07, 6.45) is -2.94. The van der Waals surface area contributed by atoms with Crippen molar-refractivity contribution < 1.29 is 31.9 Å². The maximum atomic E-state index is 12.9. The number of carbonyl (C=O) groups excluding carboxylic acids is 1. The van der Waals surface area contributed by atoms with Gasteiger partial charge in [-0.15, -0.1) is 0 Å². The summed E-state index contributed by atoms with van der Waals surface area (Å²) < 4.78 is 55.6. The third-order valence-corrected chi connectivity index (χ3v) is 6.48. The van der Waals surface area contributed by atoms with E-state index in [-0.39, 0.29) is 24.5 Å². The van der Waals surface area contributed by atoms with Gasteiger partial charge < -0.3 is 13.9 Å². The first kappa shape index (κ1) is 29.6. The molecule has 4 rings (SSSR count). The Balaban J connectivity index is 1.56. The van der Waals surface area contributed by atoms with E-state index in [0.717, 1.165) is 23.3 Å². The van der Waals surface area contributed by atoms with Crippen LogP contribution in [0.15, 0.2) is 83.3 Å². The van der Waals surface area contributed by atoms with Crippen molar-refractivity contribution in [1.82, 2.24) is 4.98 Å². The number of hydrogen-bond acceptors (Lipinski definition) is 5. The van der Waals surface area contributed by atoms with Gasteiger partial charge in [0.25, 0.3) is 0 Å². The van der Waals surface area contributed by atoms with Crippen LogP contribution in [0, 0.1) is 6.92 Å². The van der Waals surface area contributed by atoms with E-state index in [4.69, 9.17) is 13.9 Å². The lowest BCUT2D eigenvalue weighted by Gasteiger charge is -2.19. The molecule has 0 aliphatic rings. The second-order valence-electron chi connectivity index (χ2n) is 10.6. The molecule has 0 atom stereocenters. The fourth-order valence-corrected chi connectivity index (χ4v) is 4.18. The van der Waals surface area contributed by atoms with Crippen molar-refractivity contribution in [2.24, 2.45) is 0 Å². The van der Waals surface area contributed by atoms with Crippen molar-refractivity contribution in [3.05, 3.63) is 113 Å². The van der Waals surface area contributed by atoms with Crippen LogP contribution in [0.3, 0.4) is 0 Å². The summed E-state index contributed by atoms with van der Waals surface area (Å²) in [6.45, 7) is 10.2. The number of halogens is 3. The van der Waals surface area contributed by atoms with Gasteiger partial charge in [0.1, 0.15) is 23.8 Å². The molecule has 0 N–H and O–H groups in total. The highest BCUT2D eigenvalue weighted by Gasteiger charge is 2.30. The average molecular weight is 564 g/mol. The van der Waals surface area contributed by atoms with Gasteiger partial charge in [-0.05, 0) is 77.9 Å². The SMILES string of the molecule is CCOC(=O)/C=C(\c1ccc(C(C)(C)C)cc1)c1cccc(OCc2nc(-c3ccc(C(F)(F)F)cc3)oc2C)c1. The third kappa shape index (κ3) is 7.45. The number of oxazole rings is 1. The smallest absolute Gasteiger partial charge is 0.416 e. The average Bonchev–Trinajstić information content (AvgIpc) is 3.30. The van der Waals surface area contributed by atoms with Gasteiger partial charge in [-0.2, -0.15) is 13.2 Å². The first-order valence-electron chi connectivity index (χ1n) is 13.2. The quantitative estimate of drug-likeness (QED) is 0.159. The molecule has 0 fully saturated rings. The molecule has 4 aromatic rings. The summed E-state index contributed by atoms with van der Waals surface area (Å²) in [5.41, 5.74) is 3.69. The molecular weight excluding hydrogens is 531 g/mol. The maximum absolute atomic E-state index is 12.9. The zero-order chi connectivity index (χ0) is 29.8. The molecule has 5 nitrogen and oxygen atoms in total. The molecule has 0 saturated heterocycles. The predicted molar refractivity (Wildman–Crippen MR) is 151 cm³/mol. The van der Waals surface area contributed by atoms with Gasteiger partial charge in [-0.1, -0.05) is 57.2 Å². The van der Waals surface area contributed by atoms with Crippen molar-refractivity contribution in [3.8, 4) is 17.2 Å². The maximum Gasteiger partial charge on any atom is 0.416 e. The van der Waals surface area contributed by atoms with Crippen molar-refractivity contribution >= 4 is 11.5 Å². The summed E-state index contributed by atoms with van der Waals surface area (Å²) in [4.78, 5) is 16.9. The van der Waals surface area contributed by atoms with E-state index in [1.165, 1.54) is 23.8 Å². The zero-order valence-corrected chi connectivity index (χ0v) is 23.6. The van der Waals surface area contributed by atoms with Crippen LogP contribution in [-0.2, 0) is 27.7 Å². The largest absolute Gasteiger partial charge is 0.487 e. The molecule has 0 aliphatic carbocycles. The van der Waals surface area contributed by atoms with E-state index in [1.807, 2.05) is 30.3 Å². The highest BCUT2D eigenvalue weighted by atomic mass is 19.4. The number of carbonyl (C=O) groups is 1. The molecule has 8 heteroatoms. The van der Waals surface area contributed by atoms with Gasteiger partial charge >= 0.3 is 12.1 Å². The fraction of sp³-hybridized carbons (Fsp3) is 0.273. The second-order valence-corrected chi connectivity index (χ2v) is 10.6. The number of aryl methyl sites for hydroxylation is 1. The molecule has 1 aromatic heterocycles. The van der Waals surface area contributed by atoms with Crippen molar-refractivity contribution in [2.45, 2.75) is 52.8 Å². The minimum absolute atomic E-state index is 0.0110. The monoisotopic (exact) mass is 563 g/mol. The van der Waals surface area contributed by atoms with Gasteiger partial charge in [0.2, 0.25) is 5.89 Å². The number of aromatic nitrogens is 1. The Morgan fingerprint density at radius 2 is 1.59 bits per heavy atom. The van der Waals surface area contributed by atoms with Crippen molar-refractivity contribution in [1.29, 1.82) is 0 Å². The summed E-state index contributed by atoms with van der Waals surface area (Å²) in [5, 5.41) is 0. The summed E-state index contributed by atoms with van der Waals surface area (Å²) in [7, 11) is 0. The number of esters is 1. The van der Waals surface area contributed by atoms with E-state index in [9.17, 15) is 18.0 Å². The molecule has 0 saturated carbocycles. The standard InChI is InChI=1S/C33H32F3NO4/c1-6-39-30(38)19-28(22-10-14-25(15-11-22)32(3,4)5)24-8-7-9-27(18-24)40-20-29-21(2)41-31(37-29)23-12-16-26(17-13-23)33(34,35)36/h7-19H,6,20H2,1-5H3/b28-19+. The van der Waals surface area contributed by atoms with E-state index in [1.54, 1.807) is 19.9 Å². The minimum Gasteiger partial charge on any atom is -0.487 e. The highest BCUT2D eigenvalue weighted by Crippen LogP contribution is 2.32. The Hall–Kier alpha value is -4.33. The molecular formula is C33H32F3NO4. The van der Waals surface area contributed by atoms with Crippen LogP contribution in [0.2, 0.25) is 0 Å². The Morgan fingerprint density at radius 1 is 0.927 bits per heavy atom. The van der Waals surface area contributed by atoms with Gasteiger partial charge in [0, 0.05) is 11.6 Å². The third-order valence-electron chi connectivity index (χ3n) is 6.48.